The third-order valence-electron chi connectivity index (χ3n) is 2.12. The highest BCUT2D eigenvalue weighted by atomic mass is 35.5. The second-order valence-corrected chi connectivity index (χ2v) is 3.24. The van der Waals surface area contributed by atoms with Gasteiger partial charge in [0, 0.05) is 12.2 Å². The van der Waals surface area contributed by atoms with Gasteiger partial charge in [0.2, 0.25) is 0 Å². The number of aromatic nitrogens is 1. The van der Waals surface area contributed by atoms with Crippen molar-refractivity contribution in [2.45, 2.75) is 18.9 Å². The molecule has 0 spiro atoms. The Hall–Kier alpha value is -0.600. The van der Waals surface area contributed by atoms with Gasteiger partial charge < -0.3 is 5.73 Å². The lowest BCUT2D eigenvalue weighted by molar-refractivity contribution is 0.712. The smallest absolute Gasteiger partial charge is 0.129 e. The topological polar surface area (TPSA) is 38.9 Å². The molecule has 58 valence electrons. The lowest BCUT2D eigenvalue weighted by atomic mass is 10.1. The van der Waals surface area contributed by atoms with Gasteiger partial charge in [0.25, 0.3) is 0 Å². The van der Waals surface area contributed by atoms with Gasteiger partial charge in [0.05, 0.1) is 0 Å². The van der Waals surface area contributed by atoms with E-state index in [1.807, 2.05) is 6.07 Å². The van der Waals surface area contributed by atoms with E-state index >= 15 is 0 Å². The maximum atomic E-state index is 5.81. The number of nitrogens with zero attached hydrogens (tertiary/aromatic N) is 1. The molecule has 0 aromatic carbocycles. The first kappa shape index (κ1) is 7.07. The van der Waals surface area contributed by atoms with Gasteiger partial charge in [-0.3, -0.25) is 0 Å². The zero-order chi connectivity index (χ0) is 7.84. The molecule has 0 amide bonds. The summed E-state index contributed by atoms with van der Waals surface area (Å²) in [5.41, 5.74) is 8.24. The molecule has 1 atom stereocenters. The third-order valence-corrected chi connectivity index (χ3v) is 2.32. The van der Waals surface area contributed by atoms with E-state index in [1.54, 1.807) is 6.20 Å². The first-order chi connectivity index (χ1) is 5.27. The fourth-order valence-electron chi connectivity index (χ4n) is 1.50. The Kier molecular flexibility index (Phi) is 1.59. The zero-order valence-electron chi connectivity index (χ0n) is 6.05. The van der Waals surface area contributed by atoms with Gasteiger partial charge >= 0.3 is 0 Å². The Bertz CT molecular complexity index is 285. The summed E-state index contributed by atoms with van der Waals surface area (Å²) in [4.78, 5) is 3.99. The second kappa shape index (κ2) is 2.47. The fourth-order valence-corrected chi connectivity index (χ4v) is 1.68. The van der Waals surface area contributed by atoms with E-state index in [-0.39, 0.29) is 6.04 Å². The van der Waals surface area contributed by atoms with Crippen LogP contribution in [0.2, 0.25) is 5.15 Å². The van der Waals surface area contributed by atoms with Crippen LogP contribution >= 0.6 is 11.6 Å². The minimum Gasteiger partial charge on any atom is -0.324 e. The minimum absolute atomic E-state index is 0.176. The van der Waals surface area contributed by atoms with Crippen molar-refractivity contribution < 1.29 is 0 Å². The quantitative estimate of drug-likeness (QED) is 0.599. The fraction of sp³-hybridized carbons (Fsp3) is 0.375. The summed E-state index contributed by atoms with van der Waals surface area (Å²) in [5.74, 6) is 0. The predicted octanol–water partition coefficient (Wildman–Crippen LogP) is 1.68. The van der Waals surface area contributed by atoms with Crippen molar-refractivity contribution in [1.82, 2.24) is 4.98 Å². The first-order valence-corrected chi connectivity index (χ1v) is 4.05. The summed E-state index contributed by atoms with van der Waals surface area (Å²) >= 11 is 5.72. The predicted molar refractivity (Wildman–Crippen MR) is 44.5 cm³/mol. The van der Waals surface area contributed by atoms with Gasteiger partial charge in [-0.05, 0) is 30.0 Å². The normalized spacial score (nSPS) is 21.8. The SMILES string of the molecule is NC1CCc2cc(Cl)ncc21. The Morgan fingerprint density at radius 2 is 2.45 bits per heavy atom. The highest BCUT2D eigenvalue weighted by Gasteiger charge is 2.18. The van der Waals surface area contributed by atoms with Gasteiger partial charge in [-0.15, -0.1) is 0 Å². The Morgan fingerprint density at radius 3 is 3.27 bits per heavy atom. The molecule has 1 unspecified atom stereocenters. The van der Waals surface area contributed by atoms with Crippen LogP contribution in [-0.4, -0.2) is 4.98 Å². The third kappa shape index (κ3) is 1.12. The summed E-state index contributed by atoms with van der Waals surface area (Å²) in [6, 6.07) is 2.08. The number of hydrogen-bond acceptors (Lipinski definition) is 2. The number of fused-ring (bicyclic) bond motifs is 1. The average Bonchev–Trinajstić information content (AvgIpc) is 2.32. The number of halogens is 1. The molecule has 2 nitrogen and oxygen atoms in total. The van der Waals surface area contributed by atoms with Gasteiger partial charge in [-0.2, -0.15) is 0 Å². The van der Waals surface area contributed by atoms with Crippen LogP contribution < -0.4 is 5.73 Å². The van der Waals surface area contributed by atoms with E-state index in [4.69, 9.17) is 17.3 Å². The molecule has 1 aromatic rings. The van der Waals surface area contributed by atoms with Gasteiger partial charge in [0.15, 0.2) is 0 Å². The molecule has 0 fully saturated rings. The maximum absolute atomic E-state index is 5.81. The van der Waals surface area contributed by atoms with Gasteiger partial charge in [-0.25, -0.2) is 4.98 Å². The number of nitrogens with two attached hydrogens (primary N) is 1. The molecule has 11 heavy (non-hydrogen) atoms. The highest BCUT2D eigenvalue weighted by Crippen LogP contribution is 2.29. The molecule has 2 rings (SSSR count). The summed E-state index contributed by atoms with van der Waals surface area (Å²) in [6.45, 7) is 0. The van der Waals surface area contributed by atoms with Crippen molar-refractivity contribution in [1.29, 1.82) is 0 Å². The second-order valence-electron chi connectivity index (χ2n) is 2.85. The maximum Gasteiger partial charge on any atom is 0.129 e. The molecule has 0 aliphatic heterocycles. The largest absolute Gasteiger partial charge is 0.324 e. The summed E-state index contributed by atoms with van der Waals surface area (Å²) in [6.07, 6.45) is 3.85. The van der Waals surface area contributed by atoms with Crippen molar-refractivity contribution in [3.05, 3.63) is 28.5 Å². The van der Waals surface area contributed by atoms with Crippen molar-refractivity contribution in [2.24, 2.45) is 5.73 Å². The Balaban J connectivity index is 2.50. The van der Waals surface area contributed by atoms with Gasteiger partial charge in [0.1, 0.15) is 5.15 Å². The Morgan fingerprint density at radius 1 is 1.64 bits per heavy atom. The molecule has 0 saturated carbocycles. The lowest BCUT2D eigenvalue weighted by Gasteiger charge is -2.02. The van der Waals surface area contributed by atoms with E-state index in [0.717, 1.165) is 18.4 Å². The van der Waals surface area contributed by atoms with Crippen LogP contribution in [-0.2, 0) is 6.42 Å². The standard InChI is InChI=1S/C8H9ClN2/c9-8-3-5-1-2-7(10)6(5)4-11-8/h3-4,7H,1-2,10H2. The van der Waals surface area contributed by atoms with E-state index in [0.29, 0.717) is 5.15 Å². The number of aryl methyl sites for hydroxylation is 1. The molecule has 3 heteroatoms. The zero-order valence-corrected chi connectivity index (χ0v) is 6.80. The van der Waals surface area contributed by atoms with Crippen molar-refractivity contribution >= 4 is 11.6 Å². The molecule has 2 N–H and O–H groups in total. The minimum atomic E-state index is 0.176. The van der Waals surface area contributed by atoms with Crippen LogP contribution in [0.5, 0.6) is 0 Å². The van der Waals surface area contributed by atoms with Crippen molar-refractivity contribution in [2.75, 3.05) is 0 Å². The Labute approximate surface area is 70.4 Å². The highest BCUT2D eigenvalue weighted by molar-refractivity contribution is 6.29. The van der Waals surface area contributed by atoms with Crippen LogP contribution in [0.1, 0.15) is 23.6 Å². The molecule has 1 aromatic heterocycles. The van der Waals surface area contributed by atoms with Crippen LogP contribution in [0.25, 0.3) is 0 Å². The summed E-state index contributed by atoms with van der Waals surface area (Å²) in [5, 5.41) is 0.567. The van der Waals surface area contributed by atoms with E-state index in [9.17, 15) is 0 Å². The number of pyridine rings is 1. The number of rotatable bonds is 0. The molecular formula is C8H9ClN2. The molecule has 0 saturated heterocycles. The molecule has 1 heterocycles. The first-order valence-electron chi connectivity index (χ1n) is 3.67. The van der Waals surface area contributed by atoms with Crippen LogP contribution in [0.3, 0.4) is 0 Å². The molecule has 1 aliphatic rings. The summed E-state index contributed by atoms with van der Waals surface area (Å²) < 4.78 is 0. The number of hydrogen-bond donors (Lipinski definition) is 1. The summed E-state index contributed by atoms with van der Waals surface area (Å²) in [7, 11) is 0. The molecule has 0 radical (unpaired) electrons. The average molecular weight is 169 g/mol. The van der Waals surface area contributed by atoms with Gasteiger partial charge in [-0.1, -0.05) is 11.6 Å². The van der Waals surface area contributed by atoms with E-state index in [1.165, 1.54) is 5.56 Å². The molecule has 0 bridgehead atoms. The van der Waals surface area contributed by atoms with Crippen molar-refractivity contribution in [3.8, 4) is 0 Å². The van der Waals surface area contributed by atoms with Crippen LogP contribution in [0.15, 0.2) is 12.3 Å². The van der Waals surface area contributed by atoms with Crippen LogP contribution in [0, 0.1) is 0 Å². The molecular weight excluding hydrogens is 160 g/mol. The lowest BCUT2D eigenvalue weighted by Crippen LogP contribution is -2.05. The van der Waals surface area contributed by atoms with E-state index < -0.39 is 0 Å². The monoisotopic (exact) mass is 168 g/mol. The van der Waals surface area contributed by atoms with Crippen LogP contribution in [0.4, 0.5) is 0 Å². The van der Waals surface area contributed by atoms with E-state index in [2.05, 4.69) is 4.98 Å². The van der Waals surface area contributed by atoms with Crippen molar-refractivity contribution in [3.63, 3.8) is 0 Å². The molecule has 1 aliphatic carbocycles.